The van der Waals surface area contributed by atoms with E-state index in [0.717, 1.165) is 4.47 Å². The SMILES string of the molecule is O=Cc1cc(Br)ccc1OCC(=O)Nc1ccc(Br)cc1F. The van der Waals surface area contributed by atoms with Gasteiger partial charge in [-0.1, -0.05) is 31.9 Å². The van der Waals surface area contributed by atoms with Gasteiger partial charge in [0.1, 0.15) is 11.6 Å². The molecule has 0 aliphatic rings. The molecule has 0 spiro atoms. The fourth-order valence-electron chi connectivity index (χ4n) is 1.66. The van der Waals surface area contributed by atoms with Gasteiger partial charge in [0.2, 0.25) is 0 Å². The van der Waals surface area contributed by atoms with Crippen molar-refractivity contribution in [3.63, 3.8) is 0 Å². The zero-order chi connectivity index (χ0) is 16.1. The van der Waals surface area contributed by atoms with E-state index in [9.17, 15) is 14.0 Å². The average molecular weight is 431 g/mol. The minimum Gasteiger partial charge on any atom is -0.483 e. The van der Waals surface area contributed by atoms with Crippen molar-refractivity contribution < 1.29 is 18.7 Å². The Balaban J connectivity index is 2.00. The van der Waals surface area contributed by atoms with Crippen LogP contribution in [0.2, 0.25) is 0 Å². The number of benzene rings is 2. The highest BCUT2D eigenvalue weighted by Crippen LogP contribution is 2.22. The molecule has 0 saturated heterocycles. The van der Waals surface area contributed by atoms with Gasteiger partial charge in [0, 0.05) is 8.95 Å². The fraction of sp³-hybridized carbons (Fsp3) is 0.0667. The van der Waals surface area contributed by atoms with Crippen molar-refractivity contribution in [1.82, 2.24) is 0 Å². The van der Waals surface area contributed by atoms with Crippen LogP contribution < -0.4 is 10.1 Å². The first-order valence-electron chi connectivity index (χ1n) is 6.12. The third kappa shape index (κ3) is 4.38. The maximum Gasteiger partial charge on any atom is 0.262 e. The summed E-state index contributed by atoms with van der Waals surface area (Å²) in [4.78, 5) is 22.7. The van der Waals surface area contributed by atoms with E-state index < -0.39 is 11.7 Å². The summed E-state index contributed by atoms with van der Waals surface area (Å²) in [6.45, 7) is -0.335. The van der Waals surface area contributed by atoms with E-state index in [0.29, 0.717) is 16.3 Å². The quantitative estimate of drug-likeness (QED) is 0.724. The monoisotopic (exact) mass is 429 g/mol. The summed E-state index contributed by atoms with van der Waals surface area (Å²) in [5.74, 6) is -0.800. The topological polar surface area (TPSA) is 55.4 Å². The number of amides is 1. The van der Waals surface area contributed by atoms with Crippen LogP contribution in [0.3, 0.4) is 0 Å². The molecule has 0 bridgehead atoms. The van der Waals surface area contributed by atoms with Crippen LogP contribution >= 0.6 is 31.9 Å². The highest BCUT2D eigenvalue weighted by molar-refractivity contribution is 9.10. The van der Waals surface area contributed by atoms with Crippen LogP contribution in [0.25, 0.3) is 0 Å². The van der Waals surface area contributed by atoms with Crippen molar-refractivity contribution in [1.29, 1.82) is 0 Å². The number of hydrogen-bond donors (Lipinski definition) is 1. The van der Waals surface area contributed by atoms with Gasteiger partial charge in [0.05, 0.1) is 11.3 Å². The first-order valence-corrected chi connectivity index (χ1v) is 7.70. The van der Waals surface area contributed by atoms with Gasteiger partial charge in [-0.15, -0.1) is 0 Å². The smallest absolute Gasteiger partial charge is 0.262 e. The minimum atomic E-state index is -0.556. The van der Waals surface area contributed by atoms with Crippen molar-refractivity contribution in [3.8, 4) is 5.75 Å². The molecule has 2 aromatic rings. The second-order valence-electron chi connectivity index (χ2n) is 4.26. The average Bonchev–Trinajstić information content (AvgIpc) is 2.48. The number of carbonyl (C=O) groups excluding carboxylic acids is 2. The Bertz CT molecular complexity index is 722. The minimum absolute atomic E-state index is 0.0585. The number of anilines is 1. The largest absolute Gasteiger partial charge is 0.483 e. The Morgan fingerprint density at radius 2 is 1.86 bits per heavy atom. The van der Waals surface area contributed by atoms with Crippen LogP contribution in [-0.2, 0) is 4.79 Å². The van der Waals surface area contributed by atoms with Crippen LogP contribution in [0.5, 0.6) is 5.75 Å². The summed E-state index contributed by atoms with van der Waals surface area (Å²) < 4.78 is 20.2. The lowest BCUT2D eigenvalue weighted by Crippen LogP contribution is -2.21. The lowest BCUT2D eigenvalue weighted by Gasteiger charge is -2.10. The number of nitrogens with one attached hydrogen (secondary N) is 1. The zero-order valence-electron chi connectivity index (χ0n) is 11.1. The van der Waals surface area contributed by atoms with Crippen LogP contribution in [0.15, 0.2) is 45.3 Å². The summed E-state index contributed by atoms with van der Waals surface area (Å²) in [5, 5.41) is 2.40. The van der Waals surface area contributed by atoms with Crippen molar-refractivity contribution in [2.75, 3.05) is 11.9 Å². The van der Waals surface area contributed by atoms with Crippen molar-refractivity contribution >= 4 is 49.7 Å². The van der Waals surface area contributed by atoms with Crippen molar-refractivity contribution in [2.24, 2.45) is 0 Å². The van der Waals surface area contributed by atoms with Gasteiger partial charge in [-0.3, -0.25) is 9.59 Å². The molecular weight excluding hydrogens is 421 g/mol. The normalized spacial score (nSPS) is 10.1. The molecular formula is C15H10Br2FNO3. The first-order chi connectivity index (χ1) is 10.5. The van der Waals surface area contributed by atoms with Crippen LogP contribution in [0.1, 0.15) is 10.4 Å². The summed E-state index contributed by atoms with van der Waals surface area (Å²) in [6.07, 6.45) is 0.631. The molecule has 1 amide bonds. The molecule has 0 atom stereocenters. The Labute approximate surface area is 142 Å². The summed E-state index contributed by atoms with van der Waals surface area (Å²) in [6, 6.07) is 9.13. The molecule has 22 heavy (non-hydrogen) atoms. The number of ether oxygens (including phenoxy) is 1. The molecule has 0 unspecified atom stereocenters. The van der Waals surface area contributed by atoms with E-state index in [2.05, 4.69) is 37.2 Å². The van der Waals surface area contributed by atoms with E-state index in [1.54, 1.807) is 24.3 Å². The molecule has 0 fully saturated rings. The number of carbonyl (C=O) groups is 2. The Kier molecular flexibility index (Phi) is 5.68. The van der Waals surface area contributed by atoms with Crippen molar-refractivity contribution in [3.05, 3.63) is 56.7 Å². The van der Waals surface area contributed by atoms with Gasteiger partial charge in [0.25, 0.3) is 5.91 Å². The van der Waals surface area contributed by atoms with E-state index in [1.807, 2.05) is 0 Å². The second-order valence-corrected chi connectivity index (χ2v) is 6.09. The highest BCUT2D eigenvalue weighted by atomic mass is 79.9. The third-order valence-corrected chi connectivity index (χ3v) is 3.65. The summed E-state index contributed by atoms with van der Waals surface area (Å²) in [5.41, 5.74) is 0.375. The van der Waals surface area contributed by atoms with E-state index >= 15 is 0 Å². The number of halogens is 3. The number of rotatable bonds is 5. The van der Waals surface area contributed by atoms with Gasteiger partial charge in [0.15, 0.2) is 12.9 Å². The molecule has 7 heteroatoms. The van der Waals surface area contributed by atoms with Gasteiger partial charge in [-0.2, -0.15) is 0 Å². The van der Waals surface area contributed by atoms with Crippen LogP contribution in [0, 0.1) is 5.82 Å². The maximum absolute atomic E-state index is 13.6. The molecule has 114 valence electrons. The molecule has 1 N–H and O–H groups in total. The Morgan fingerprint density at radius 1 is 1.18 bits per heavy atom. The van der Waals surface area contributed by atoms with Gasteiger partial charge in [-0.05, 0) is 36.4 Å². The Morgan fingerprint density at radius 3 is 2.55 bits per heavy atom. The third-order valence-electron chi connectivity index (χ3n) is 2.66. The molecule has 4 nitrogen and oxygen atoms in total. The van der Waals surface area contributed by atoms with Gasteiger partial charge < -0.3 is 10.1 Å². The summed E-state index contributed by atoms with van der Waals surface area (Å²) >= 11 is 6.37. The fourth-order valence-corrected chi connectivity index (χ4v) is 2.38. The molecule has 0 saturated carbocycles. The van der Waals surface area contributed by atoms with Gasteiger partial charge in [-0.25, -0.2) is 4.39 Å². The number of aldehydes is 1. The molecule has 0 radical (unpaired) electrons. The molecule has 2 rings (SSSR count). The predicted molar refractivity (Wildman–Crippen MR) is 87.8 cm³/mol. The predicted octanol–water partition coefficient (Wildman–Crippen LogP) is 4.18. The Hall–Kier alpha value is -1.73. The molecule has 0 heterocycles. The first kappa shape index (κ1) is 16.6. The van der Waals surface area contributed by atoms with Crippen molar-refractivity contribution in [2.45, 2.75) is 0 Å². The standard InChI is InChI=1S/C15H10Br2FNO3/c16-10-2-4-14(9(5-10)7-20)22-8-15(21)19-13-3-1-11(17)6-12(13)18/h1-7H,8H2,(H,19,21). The van der Waals surface area contributed by atoms with E-state index in [1.165, 1.54) is 12.1 Å². The lowest BCUT2D eigenvalue weighted by molar-refractivity contribution is -0.118. The lowest BCUT2D eigenvalue weighted by atomic mass is 10.2. The van der Waals surface area contributed by atoms with E-state index in [-0.39, 0.29) is 18.0 Å². The molecule has 0 aliphatic heterocycles. The highest BCUT2D eigenvalue weighted by Gasteiger charge is 2.10. The summed E-state index contributed by atoms with van der Waals surface area (Å²) in [7, 11) is 0. The maximum atomic E-state index is 13.6. The second kappa shape index (κ2) is 7.51. The molecule has 0 aliphatic carbocycles. The van der Waals surface area contributed by atoms with Crippen LogP contribution in [-0.4, -0.2) is 18.8 Å². The molecule has 0 aromatic heterocycles. The zero-order valence-corrected chi connectivity index (χ0v) is 14.3. The van der Waals surface area contributed by atoms with Crippen LogP contribution in [0.4, 0.5) is 10.1 Å². The van der Waals surface area contributed by atoms with E-state index in [4.69, 9.17) is 4.74 Å². The molecule has 2 aromatic carbocycles. The van der Waals surface area contributed by atoms with Gasteiger partial charge >= 0.3 is 0 Å². The number of hydrogen-bond acceptors (Lipinski definition) is 3.